The van der Waals surface area contributed by atoms with Crippen LogP contribution in [0.4, 0.5) is 5.69 Å². The number of rotatable bonds is 6. The summed E-state index contributed by atoms with van der Waals surface area (Å²) in [7, 11) is 4.83. The van der Waals surface area contributed by atoms with Crippen LogP contribution in [-0.2, 0) is 6.54 Å². The van der Waals surface area contributed by atoms with Crippen molar-refractivity contribution in [3.8, 4) is 17.2 Å². The summed E-state index contributed by atoms with van der Waals surface area (Å²) in [6.07, 6.45) is 0. The molecule has 0 aliphatic heterocycles. The van der Waals surface area contributed by atoms with Crippen LogP contribution in [0.3, 0.4) is 0 Å². The van der Waals surface area contributed by atoms with Gasteiger partial charge in [0.2, 0.25) is 0 Å². The second kappa shape index (κ2) is 7.09. The molecule has 112 valence electrons. The van der Waals surface area contributed by atoms with Gasteiger partial charge in [-0.2, -0.15) is 0 Å². The van der Waals surface area contributed by atoms with Gasteiger partial charge in [-0.15, -0.1) is 0 Å². The summed E-state index contributed by atoms with van der Waals surface area (Å²) in [5, 5.41) is 3.85. The van der Waals surface area contributed by atoms with E-state index in [9.17, 15) is 0 Å². The lowest BCUT2D eigenvalue weighted by atomic mass is 10.2. The molecule has 21 heavy (non-hydrogen) atoms. The van der Waals surface area contributed by atoms with E-state index in [1.54, 1.807) is 27.4 Å². The highest BCUT2D eigenvalue weighted by molar-refractivity contribution is 6.33. The summed E-state index contributed by atoms with van der Waals surface area (Å²) >= 11 is 6.25. The van der Waals surface area contributed by atoms with Gasteiger partial charge in [0.25, 0.3) is 0 Å². The smallest absolute Gasteiger partial charge is 0.162 e. The predicted molar refractivity (Wildman–Crippen MR) is 84.9 cm³/mol. The molecular formula is C16H18ClNO3. The first-order chi connectivity index (χ1) is 10.2. The van der Waals surface area contributed by atoms with Crippen molar-refractivity contribution in [1.82, 2.24) is 0 Å². The predicted octanol–water partition coefficient (Wildman–Crippen LogP) is 3.98. The summed E-state index contributed by atoms with van der Waals surface area (Å²) in [5.74, 6) is 2.07. The standard InChI is InChI=1S/C16H18ClNO3/c1-19-14-7-5-4-6-11(14)10-18-13-9-16(21-3)15(20-2)8-12(13)17/h4-9,18H,10H2,1-3H3. The fraction of sp³-hybridized carbons (Fsp3) is 0.250. The molecule has 0 fully saturated rings. The molecule has 0 amide bonds. The third-order valence-corrected chi connectivity index (χ3v) is 3.45. The Morgan fingerprint density at radius 2 is 1.52 bits per heavy atom. The normalized spacial score (nSPS) is 10.1. The SMILES string of the molecule is COc1ccccc1CNc1cc(OC)c(OC)cc1Cl. The van der Waals surface area contributed by atoms with Gasteiger partial charge in [0, 0.05) is 24.2 Å². The van der Waals surface area contributed by atoms with Crippen LogP contribution in [0, 0.1) is 0 Å². The van der Waals surface area contributed by atoms with Gasteiger partial charge in [0.15, 0.2) is 11.5 Å². The molecule has 2 aromatic carbocycles. The number of ether oxygens (including phenoxy) is 3. The average molecular weight is 308 g/mol. The maximum absolute atomic E-state index is 6.25. The summed E-state index contributed by atoms with van der Waals surface area (Å²) in [5.41, 5.74) is 1.83. The molecule has 0 aromatic heterocycles. The fourth-order valence-corrected chi connectivity index (χ4v) is 2.25. The van der Waals surface area contributed by atoms with Gasteiger partial charge in [0.1, 0.15) is 5.75 Å². The van der Waals surface area contributed by atoms with E-state index in [0.717, 1.165) is 17.0 Å². The zero-order chi connectivity index (χ0) is 15.2. The second-order valence-electron chi connectivity index (χ2n) is 4.35. The van der Waals surface area contributed by atoms with Gasteiger partial charge < -0.3 is 19.5 Å². The lowest BCUT2D eigenvalue weighted by molar-refractivity contribution is 0.355. The van der Waals surface area contributed by atoms with Crippen LogP contribution in [0.15, 0.2) is 36.4 Å². The Bertz CT molecular complexity index is 616. The van der Waals surface area contributed by atoms with Crippen LogP contribution >= 0.6 is 11.6 Å². The number of nitrogens with one attached hydrogen (secondary N) is 1. The van der Waals surface area contributed by atoms with Crippen molar-refractivity contribution >= 4 is 17.3 Å². The van der Waals surface area contributed by atoms with Gasteiger partial charge in [-0.05, 0) is 6.07 Å². The minimum Gasteiger partial charge on any atom is -0.496 e. The lowest BCUT2D eigenvalue weighted by Crippen LogP contribution is -2.03. The highest BCUT2D eigenvalue weighted by atomic mass is 35.5. The van der Waals surface area contributed by atoms with Crippen molar-refractivity contribution in [2.75, 3.05) is 26.6 Å². The number of halogens is 1. The first-order valence-electron chi connectivity index (χ1n) is 6.47. The zero-order valence-corrected chi connectivity index (χ0v) is 13.0. The molecule has 0 heterocycles. The van der Waals surface area contributed by atoms with E-state index in [0.29, 0.717) is 23.1 Å². The molecule has 0 unspecified atom stereocenters. The van der Waals surface area contributed by atoms with E-state index in [1.807, 2.05) is 30.3 Å². The zero-order valence-electron chi connectivity index (χ0n) is 12.3. The molecule has 4 nitrogen and oxygen atoms in total. The molecule has 0 saturated heterocycles. The van der Waals surface area contributed by atoms with Crippen LogP contribution in [-0.4, -0.2) is 21.3 Å². The molecule has 0 radical (unpaired) electrons. The average Bonchev–Trinajstić information content (AvgIpc) is 2.53. The highest BCUT2D eigenvalue weighted by Crippen LogP contribution is 2.36. The molecule has 2 aromatic rings. The molecular weight excluding hydrogens is 290 g/mol. The molecule has 0 bridgehead atoms. The molecule has 0 aliphatic carbocycles. The molecule has 0 saturated carbocycles. The molecule has 1 N–H and O–H groups in total. The Morgan fingerprint density at radius 1 is 0.905 bits per heavy atom. The van der Waals surface area contributed by atoms with E-state index in [-0.39, 0.29) is 0 Å². The number of hydrogen-bond acceptors (Lipinski definition) is 4. The Hall–Kier alpha value is -2.07. The summed E-state index contributed by atoms with van der Waals surface area (Å²) < 4.78 is 15.8. The van der Waals surface area contributed by atoms with E-state index in [2.05, 4.69) is 5.32 Å². The Labute approximate surface area is 129 Å². The van der Waals surface area contributed by atoms with E-state index in [4.69, 9.17) is 25.8 Å². The summed E-state index contributed by atoms with van der Waals surface area (Å²) in [6.45, 7) is 0.596. The molecule has 0 atom stereocenters. The van der Waals surface area contributed by atoms with Crippen LogP contribution in [0.5, 0.6) is 17.2 Å². The lowest BCUT2D eigenvalue weighted by Gasteiger charge is -2.14. The van der Waals surface area contributed by atoms with Crippen molar-refractivity contribution in [1.29, 1.82) is 0 Å². The van der Waals surface area contributed by atoms with Gasteiger partial charge in [-0.1, -0.05) is 29.8 Å². The number of hydrogen-bond donors (Lipinski definition) is 1. The van der Waals surface area contributed by atoms with E-state index >= 15 is 0 Å². The van der Waals surface area contributed by atoms with Crippen LogP contribution in [0.25, 0.3) is 0 Å². The van der Waals surface area contributed by atoms with Gasteiger partial charge in [0.05, 0.1) is 32.0 Å². The van der Waals surface area contributed by atoms with Crippen molar-refractivity contribution in [2.24, 2.45) is 0 Å². The molecule has 5 heteroatoms. The largest absolute Gasteiger partial charge is 0.496 e. The van der Waals surface area contributed by atoms with E-state index in [1.165, 1.54) is 0 Å². The first kappa shape index (κ1) is 15.3. The van der Waals surface area contributed by atoms with E-state index < -0.39 is 0 Å². The van der Waals surface area contributed by atoms with Gasteiger partial charge in [-0.3, -0.25) is 0 Å². The second-order valence-corrected chi connectivity index (χ2v) is 4.76. The number of anilines is 1. The number of benzene rings is 2. The maximum atomic E-state index is 6.25. The monoisotopic (exact) mass is 307 g/mol. The Morgan fingerprint density at radius 3 is 2.19 bits per heavy atom. The topological polar surface area (TPSA) is 39.7 Å². The molecule has 0 aliphatic rings. The number of methoxy groups -OCH3 is 3. The maximum Gasteiger partial charge on any atom is 0.162 e. The van der Waals surface area contributed by atoms with Gasteiger partial charge in [-0.25, -0.2) is 0 Å². The minimum atomic E-state index is 0.572. The third kappa shape index (κ3) is 3.52. The van der Waals surface area contributed by atoms with Crippen molar-refractivity contribution < 1.29 is 14.2 Å². The quantitative estimate of drug-likeness (QED) is 0.876. The fourth-order valence-electron chi connectivity index (χ4n) is 2.03. The van der Waals surface area contributed by atoms with Crippen molar-refractivity contribution in [2.45, 2.75) is 6.54 Å². The Kier molecular flexibility index (Phi) is 5.17. The summed E-state index contributed by atoms with van der Waals surface area (Å²) in [4.78, 5) is 0. The van der Waals surface area contributed by atoms with Crippen LogP contribution < -0.4 is 19.5 Å². The highest BCUT2D eigenvalue weighted by Gasteiger charge is 2.10. The van der Waals surface area contributed by atoms with Gasteiger partial charge >= 0.3 is 0 Å². The minimum absolute atomic E-state index is 0.572. The number of para-hydroxylation sites is 1. The van der Waals surface area contributed by atoms with Crippen molar-refractivity contribution in [3.63, 3.8) is 0 Å². The molecule has 0 spiro atoms. The van der Waals surface area contributed by atoms with Crippen LogP contribution in [0.1, 0.15) is 5.56 Å². The molecule has 2 rings (SSSR count). The van der Waals surface area contributed by atoms with Crippen LogP contribution in [0.2, 0.25) is 5.02 Å². The van der Waals surface area contributed by atoms with Crippen molar-refractivity contribution in [3.05, 3.63) is 47.0 Å². The third-order valence-electron chi connectivity index (χ3n) is 3.14. The first-order valence-corrected chi connectivity index (χ1v) is 6.84. The summed E-state index contributed by atoms with van der Waals surface area (Å²) in [6, 6.07) is 11.4. The Balaban J connectivity index is 2.20.